The van der Waals surface area contributed by atoms with Crippen molar-refractivity contribution in [3.63, 3.8) is 0 Å². The van der Waals surface area contributed by atoms with E-state index in [9.17, 15) is 4.79 Å². The maximum atomic E-state index is 11.7. The van der Waals surface area contributed by atoms with Crippen LogP contribution in [-0.2, 0) is 11.3 Å². The van der Waals surface area contributed by atoms with Crippen LogP contribution < -0.4 is 11.1 Å². The number of carbonyl (C=O) groups excluding carboxylic acids is 1. The first-order chi connectivity index (χ1) is 8.76. The summed E-state index contributed by atoms with van der Waals surface area (Å²) in [5.74, 6) is 0.629. The zero-order valence-electron chi connectivity index (χ0n) is 10.9. The Kier molecular flexibility index (Phi) is 6.94. The van der Waals surface area contributed by atoms with Crippen LogP contribution in [0.15, 0.2) is 18.6 Å². The van der Waals surface area contributed by atoms with Crippen LogP contribution in [0.25, 0.3) is 0 Å². The molecule has 0 aliphatic heterocycles. The maximum Gasteiger partial charge on any atom is 0.220 e. The molecule has 0 bridgehead atoms. The van der Waals surface area contributed by atoms with Gasteiger partial charge in [0.2, 0.25) is 5.91 Å². The van der Waals surface area contributed by atoms with E-state index in [1.54, 1.807) is 12.3 Å². The topological polar surface area (TPSA) is 80.9 Å². The molecule has 1 unspecified atom stereocenters. The third kappa shape index (κ3) is 5.72. The Bertz CT molecular complexity index is 342. The lowest BCUT2D eigenvalue weighted by Gasteiger charge is -2.13. The zero-order chi connectivity index (χ0) is 13.2. The molecule has 0 fully saturated rings. The molecule has 0 saturated heterocycles. The highest BCUT2D eigenvalue weighted by Crippen LogP contribution is 2.14. The minimum absolute atomic E-state index is 0.0732. The van der Waals surface area contributed by atoms with Crippen molar-refractivity contribution in [2.75, 3.05) is 6.54 Å². The van der Waals surface area contributed by atoms with Gasteiger partial charge in [-0.3, -0.25) is 4.79 Å². The van der Waals surface area contributed by atoms with E-state index in [4.69, 9.17) is 5.73 Å². The highest BCUT2D eigenvalue weighted by atomic mass is 16.1. The Hall–Kier alpha value is -1.49. The van der Waals surface area contributed by atoms with Gasteiger partial charge in [0.1, 0.15) is 6.33 Å². The summed E-state index contributed by atoms with van der Waals surface area (Å²) in [5.41, 5.74) is 6.36. The number of rotatable bonds is 8. The van der Waals surface area contributed by atoms with E-state index in [1.165, 1.54) is 6.33 Å². The van der Waals surface area contributed by atoms with Gasteiger partial charge in [-0.05, 0) is 31.4 Å². The highest BCUT2D eigenvalue weighted by Gasteiger charge is 2.08. The minimum atomic E-state index is 0.0732. The molecule has 0 aliphatic rings. The number of amides is 1. The van der Waals surface area contributed by atoms with Gasteiger partial charge in [0, 0.05) is 12.6 Å². The predicted octanol–water partition coefficient (Wildman–Crippen LogP) is 1.25. The third-order valence-corrected chi connectivity index (χ3v) is 3.04. The summed E-state index contributed by atoms with van der Waals surface area (Å²) in [6, 6.07) is 1.80. The fourth-order valence-corrected chi connectivity index (χ4v) is 1.82. The van der Waals surface area contributed by atoms with E-state index in [0.717, 1.165) is 25.0 Å². The van der Waals surface area contributed by atoms with Gasteiger partial charge in [0.15, 0.2) is 0 Å². The molecular weight excluding hydrogens is 228 g/mol. The van der Waals surface area contributed by atoms with Crippen LogP contribution in [0.1, 0.15) is 38.3 Å². The second-order valence-corrected chi connectivity index (χ2v) is 4.37. The molecule has 1 atom stereocenters. The van der Waals surface area contributed by atoms with Gasteiger partial charge in [-0.1, -0.05) is 13.3 Å². The monoisotopic (exact) mass is 250 g/mol. The summed E-state index contributed by atoms with van der Waals surface area (Å²) in [4.78, 5) is 19.5. The Morgan fingerprint density at radius 3 is 2.94 bits per heavy atom. The molecule has 100 valence electrons. The van der Waals surface area contributed by atoms with Crippen molar-refractivity contribution in [3.8, 4) is 0 Å². The number of aromatic nitrogens is 2. The maximum absolute atomic E-state index is 11.7. The molecule has 0 radical (unpaired) electrons. The summed E-state index contributed by atoms with van der Waals surface area (Å²) in [6.07, 6.45) is 6.69. The number of nitrogens with two attached hydrogens (primary N) is 1. The fraction of sp³-hybridized carbons (Fsp3) is 0.615. The van der Waals surface area contributed by atoms with Crippen LogP contribution in [0.5, 0.6) is 0 Å². The van der Waals surface area contributed by atoms with Crippen molar-refractivity contribution in [1.29, 1.82) is 0 Å². The van der Waals surface area contributed by atoms with E-state index in [2.05, 4.69) is 22.2 Å². The molecule has 3 N–H and O–H groups in total. The molecule has 0 spiro atoms. The lowest BCUT2D eigenvalue weighted by Crippen LogP contribution is -2.24. The second kappa shape index (κ2) is 8.58. The number of nitrogens with one attached hydrogen (secondary N) is 1. The van der Waals surface area contributed by atoms with E-state index >= 15 is 0 Å². The summed E-state index contributed by atoms with van der Waals surface area (Å²) in [6.45, 7) is 3.30. The van der Waals surface area contributed by atoms with Gasteiger partial charge >= 0.3 is 0 Å². The van der Waals surface area contributed by atoms with Crippen molar-refractivity contribution in [2.45, 2.75) is 39.2 Å². The van der Waals surface area contributed by atoms with Crippen molar-refractivity contribution < 1.29 is 4.79 Å². The molecule has 1 amide bonds. The van der Waals surface area contributed by atoms with Gasteiger partial charge in [-0.25, -0.2) is 9.97 Å². The molecule has 1 rings (SSSR count). The predicted molar refractivity (Wildman–Crippen MR) is 70.6 cm³/mol. The van der Waals surface area contributed by atoms with Crippen LogP contribution in [0.2, 0.25) is 0 Å². The van der Waals surface area contributed by atoms with Gasteiger partial charge in [0.05, 0.1) is 12.2 Å². The quantitative estimate of drug-likeness (QED) is 0.727. The molecule has 1 aromatic heterocycles. The Morgan fingerprint density at radius 2 is 2.33 bits per heavy atom. The summed E-state index contributed by atoms with van der Waals surface area (Å²) < 4.78 is 0. The molecular formula is C13H22N4O. The second-order valence-electron chi connectivity index (χ2n) is 4.37. The molecule has 0 aromatic carbocycles. The molecule has 18 heavy (non-hydrogen) atoms. The van der Waals surface area contributed by atoms with E-state index < -0.39 is 0 Å². The van der Waals surface area contributed by atoms with Crippen molar-refractivity contribution in [3.05, 3.63) is 24.3 Å². The van der Waals surface area contributed by atoms with Gasteiger partial charge in [0.25, 0.3) is 0 Å². The van der Waals surface area contributed by atoms with Gasteiger partial charge in [-0.15, -0.1) is 0 Å². The lowest BCUT2D eigenvalue weighted by atomic mass is 9.96. The SMILES string of the molecule is CCC(CCN)CCC(=O)NCc1ccncn1. The normalized spacial score (nSPS) is 12.1. The summed E-state index contributed by atoms with van der Waals surface area (Å²) in [5, 5.41) is 2.86. The van der Waals surface area contributed by atoms with E-state index in [1.807, 2.05) is 0 Å². The summed E-state index contributed by atoms with van der Waals surface area (Å²) in [7, 11) is 0. The number of hydrogen-bond acceptors (Lipinski definition) is 4. The van der Waals surface area contributed by atoms with Crippen LogP contribution in [0.3, 0.4) is 0 Å². The first-order valence-corrected chi connectivity index (χ1v) is 6.48. The third-order valence-electron chi connectivity index (χ3n) is 3.04. The molecule has 1 heterocycles. The minimum Gasteiger partial charge on any atom is -0.350 e. The van der Waals surface area contributed by atoms with Crippen molar-refractivity contribution in [1.82, 2.24) is 15.3 Å². The first kappa shape index (κ1) is 14.6. The highest BCUT2D eigenvalue weighted by molar-refractivity contribution is 5.75. The van der Waals surface area contributed by atoms with Crippen molar-refractivity contribution in [2.24, 2.45) is 11.7 Å². The van der Waals surface area contributed by atoms with Crippen molar-refractivity contribution >= 4 is 5.91 Å². The molecule has 0 aliphatic carbocycles. The van der Waals surface area contributed by atoms with E-state index in [-0.39, 0.29) is 5.91 Å². The first-order valence-electron chi connectivity index (χ1n) is 6.48. The molecule has 0 saturated carbocycles. The van der Waals surface area contributed by atoms with E-state index in [0.29, 0.717) is 25.4 Å². The standard InChI is InChI=1S/C13H22N4O/c1-2-11(5-7-14)3-4-13(18)16-9-12-6-8-15-10-17-12/h6,8,10-11H,2-5,7,9,14H2,1H3,(H,16,18). The Labute approximate surface area is 108 Å². The number of hydrogen-bond donors (Lipinski definition) is 2. The zero-order valence-corrected chi connectivity index (χ0v) is 10.9. The summed E-state index contributed by atoms with van der Waals surface area (Å²) >= 11 is 0. The number of nitrogens with zero attached hydrogens (tertiary/aromatic N) is 2. The molecule has 5 heteroatoms. The fourth-order valence-electron chi connectivity index (χ4n) is 1.82. The smallest absolute Gasteiger partial charge is 0.220 e. The number of carbonyl (C=O) groups is 1. The lowest BCUT2D eigenvalue weighted by molar-refractivity contribution is -0.121. The van der Waals surface area contributed by atoms with Gasteiger partial charge < -0.3 is 11.1 Å². The van der Waals surface area contributed by atoms with Gasteiger partial charge in [-0.2, -0.15) is 0 Å². The van der Waals surface area contributed by atoms with Crippen LogP contribution >= 0.6 is 0 Å². The molecule has 1 aromatic rings. The Balaban J connectivity index is 2.21. The van der Waals surface area contributed by atoms with Crippen LogP contribution in [0.4, 0.5) is 0 Å². The Morgan fingerprint density at radius 1 is 1.50 bits per heavy atom. The van der Waals surface area contributed by atoms with Crippen LogP contribution in [0, 0.1) is 5.92 Å². The van der Waals surface area contributed by atoms with Crippen LogP contribution in [-0.4, -0.2) is 22.4 Å². The molecule has 5 nitrogen and oxygen atoms in total. The average molecular weight is 250 g/mol. The largest absolute Gasteiger partial charge is 0.350 e. The average Bonchev–Trinajstić information content (AvgIpc) is 2.42.